The van der Waals surface area contributed by atoms with Crippen molar-refractivity contribution in [3.8, 4) is 5.69 Å². The summed E-state index contributed by atoms with van der Waals surface area (Å²) in [5.74, 6) is 0. The van der Waals surface area contributed by atoms with E-state index in [4.69, 9.17) is 5.73 Å². The largest absolute Gasteiger partial charge is 0.329 e. The lowest BCUT2D eigenvalue weighted by atomic mass is 10.1. The molecule has 1 fully saturated rings. The van der Waals surface area contributed by atoms with E-state index >= 15 is 0 Å². The van der Waals surface area contributed by atoms with Crippen molar-refractivity contribution in [3.05, 3.63) is 42.0 Å². The fourth-order valence-corrected chi connectivity index (χ4v) is 3.12. The number of nitrogens with zero attached hydrogens (tertiary/aromatic N) is 3. The second-order valence-electron chi connectivity index (χ2n) is 6.21. The lowest BCUT2D eigenvalue weighted by molar-refractivity contribution is -0.105. The molecular weight excluding hydrogens is 290 g/mol. The Hall–Kier alpha value is -2.18. The number of likely N-dealkylation sites (tertiary alicyclic amines) is 1. The van der Waals surface area contributed by atoms with Gasteiger partial charge >= 0.3 is 0 Å². The van der Waals surface area contributed by atoms with E-state index in [9.17, 15) is 4.79 Å². The number of piperidine rings is 1. The maximum atomic E-state index is 10.8. The molecule has 0 aliphatic carbocycles. The summed E-state index contributed by atoms with van der Waals surface area (Å²) < 4.78 is 1.97. The molecule has 23 heavy (non-hydrogen) atoms. The summed E-state index contributed by atoms with van der Waals surface area (Å²) in [6.45, 7) is 4.78. The molecule has 122 valence electrons. The highest BCUT2D eigenvalue weighted by molar-refractivity contribution is 5.73. The molecule has 1 aromatic carbocycles. The first-order valence-corrected chi connectivity index (χ1v) is 7.97. The molecule has 3 N–H and O–H groups in total. The van der Waals surface area contributed by atoms with Crippen molar-refractivity contribution in [2.24, 2.45) is 5.73 Å². The fraction of sp³-hybridized carbons (Fsp3) is 0.412. The second-order valence-corrected chi connectivity index (χ2v) is 6.21. The summed E-state index contributed by atoms with van der Waals surface area (Å²) in [5.41, 5.74) is 9.97. The predicted molar refractivity (Wildman–Crippen MR) is 90.5 cm³/mol. The molecule has 2 aromatic rings. The lowest BCUT2D eigenvalue weighted by Gasteiger charge is -2.30. The first-order chi connectivity index (χ1) is 11.1. The SMILES string of the molecule is Cc1cn(-c2cc(CN3CCCC(N)C3)cc(NC=O)c2)cn1. The Morgan fingerprint density at radius 3 is 3.00 bits per heavy atom. The Kier molecular flexibility index (Phi) is 4.73. The molecule has 2 heterocycles. The van der Waals surface area contributed by atoms with Gasteiger partial charge in [0.2, 0.25) is 6.41 Å². The van der Waals surface area contributed by atoms with E-state index in [2.05, 4.69) is 21.3 Å². The van der Waals surface area contributed by atoms with Crippen LogP contribution < -0.4 is 11.1 Å². The van der Waals surface area contributed by atoms with Crippen molar-refractivity contribution in [3.63, 3.8) is 0 Å². The van der Waals surface area contributed by atoms with Crippen LogP contribution in [0.25, 0.3) is 5.69 Å². The molecule has 1 aromatic heterocycles. The zero-order valence-electron chi connectivity index (χ0n) is 13.4. The minimum Gasteiger partial charge on any atom is -0.329 e. The number of benzene rings is 1. The fourth-order valence-electron chi connectivity index (χ4n) is 3.12. The van der Waals surface area contributed by atoms with E-state index in [-0.39, 0.29) is 6.04 Å². The van der Waals surface area contributed by atoms with Crippen molar-refractivity contribution in [1.82, 2.24) is 14.5 Å². The number of imidazole rings is 1. The summed E-state index contributed by atoms with van der Waals surface area (Å²) in [6.07, 6.45) is 6.71. The van der Waals surface area contributed by atoms with Gasteiger partial charge in [-0.05, 0) is 50.1 Å². The van der Waals surface area contributed by atoms with E-state index in [0.29, 0.717) is 6.41 Å². The second kappa shape index (κ2) is 6.93. The lowest BCUT2D eigenvalue weighted by Crippen LogP contribution is -2.42. The molecule has 1 atom stereocenters. The first kappa shape index (κ1) is 15.7. The zero-order valence-corrected chi connectivity index (χ0v) is 13.4. The van der Waals surface area contributed by atoms with Crippen LogP contribution >= 0.6 is 0 Å². The van der Waals surface area contributed by atoms with Crippen LogP contribution in [-0.4, -0.2) is 40.0 Å². The van der Waals surface area contributed by atoms with Gasteiger partial charge in [-0.15, -0.1) is 0 Å². The number of amides is 1. The number of hydrogen-bond acceptors (Lipinski definition) is 4. The molecule has 1 amide bonds. The Bertz CT molecular complexity index is 681. The number of carbonyl (C=O) groups excluding carboxylic acids is 1. The zero-order chi connectivity index (χ0) is 16.2. The number of hydrogen-bond donors (Lipinski definition) is 2. The highest BCUT2D eigenvalue weighted by Crippen LogP contribution is 2.21. The Balaban J connectivity index is 1.86. The maximum Gasteiger partial charge on any atom is 0.211 e. The van der Waals surface area contributed by atoms with Crippen LogP contribution in [0.4, 0.5) is 5.69 Å². The smallest absolute Gasteiger partial charge is 0.211 e. The van der Waals surface area contributed by atoms with Gasteiger partial charge in [0.15, 0.2) is 0 Å². The molecule has 1 saturated heterocycles. The van der Waals surface area contributed by atoms with Crippen molar-refractivity contribution < 1.29 is 4.79 Å². The Labute approximate surface area is 136 Å². The highest BCUT2D eigenvalue weighted by Gasteiger charge is 2.17. The first-order valence-electron chi connectivity index (χ1n) is 7.97. The summed E-state index contributed by atoms with van der Waals surface area (Å²) in [4.78, 5) is 17.5. The minimum absolute atomic E-state index is 0.260. The van der Waals surface area contributed by atoms with Crippen LogP contribution in [0.15, 0.2) is 30.7 Å². The standard InChI is InChI=1S/C17H23N5O/c1-13-8-22(11-19-13)17-6-14(5-16(7-17)20-12-23)9-21-4-2-3-15(18)10-21/h5-8,11-12,15H,2-4,9-10,18H2,1H3,(H,20,23). The predicted octanol–water partition coefficient (Wildman–Crippen LogP) is 1.67. The van der Waals surface area contributed by atoms with Crippen molar-refractivity contribution in [2.45, 2.75) is 32.4 Å². The van der Waals surface area contributed by atoms with E-state index in [0.717, 1.165) is 55.1 Å². The highest BCUT2D eigenvalue weighted by atomic mass is 16.1. The number of nitrogens with two attached hydrogens (primary N) is 1. The molecule has 0 radical (unpaired) electrons. The normalized spacial score (nSPS) is 18.8. The Morgan fingerprint density at radius 1 is 1.43 bits per heavy atom. The van der Waals surface area contributed by atoms with Crippen molar-refractivity contribution >= 4 is 12.1 Å². The van der Waals surface area contributed by atoms with Crippen LogP contribution in [0.2, 0.25) is 0 Å². The van der Waals surface area contributed by atoms with Crippen LogP contribution in [0.5, 0.6) is 0 Å². The van der Waals surface area contributed by atoms with Gasteiger partial charge in [-0.3, -0.25) is 9.69 Å². The average molecular weight is 313 g/mol. The Morgan fingerprint density at radius 2 is 2.30 bits per heavy atom. The van der Waals surface area contributed by atoms with E-state index in [1.54, 1.807) is 6.33 Å². The summed E-state index contributed by atoms with van der Waals surface area (Å²) in [6, 6.07) is 6.36. The molecule has 1 unspecified atom stereocenters. The molecule has 6 heteroatoms. The number of anilines is 1. The molecular formula is C17H23N5O. The molecule has 0 spiro atoms. The van der Waals surface area contributed by atoms with Crippen LogP contribution in [-0.2, 0) is 11.3 Å². The van der Waals surface area contributed by atoms with Crippen LogP contribution in [0.1, 0.15) is 24.1 Å². The van der Waals surface area contributed by atoms with E-state index < -0.39 is 0 Å². The third kappa shape index (κ3) is 3.97. The number of carbonyl (C=O) groups is 1. The topological polar surface area (TPSA) is 76.2 Å². The average Bonchev–Trinajstić information content (AvgIpc) is 2.94. The van der Waals surface area contributed by atoms with Gasteiger partial charge in [-0.1, -0.05) is 0 Å². The molecule has 0 bridgehead atoms. The third-order valence-electron chi connectivity index (χ3n) is 4.16. The van der Waals surface area contributed by atoms with Crippen LogP contribution in [0, 0.1) is 6.92 Å². The van der Waals surface area contributed by atoms with Gasteiger partial charge in [0, 0.05) is 36.7 Å². The molecule has 0 saturated carbocycles. The monoisotopic (exact) mass is 313 g/mol. The van der Waals surface area contributed by atoms with Gasteiger partial charge in [-0.2, -0.15) is 0 Å². The number of aromatic nitrogens is 2. The molecule has 3 rings (SSSR count). The van der Waals surface area contributed by atoms with Gasteiger partial charge in [0.1, 0.15) is 0 Å². The third-order valence-corrected chi connectivity index (χ3v) is 4.16. The van der Waals surface area contributed by atoms with Crippen LogP contribution in [0.3, 0.4) is 0 Å². The van der Waals surface area contributed by atoms with Crippen molar-refractivity contribution in [2.75, 3.05) is 18.4 Å². The van der Waals surface area contributed by atoms with Gasteiger partial charge in [0.05, 0.1) is 12.0 Å². The minimum atomic E-state index is 0.260. The van der Waals surface area contributed by atoms with Crippen molar-refractivity contribution in [1.29, 1.82) is 0 Å². The van der Waals surface area contributed by atoms with Gasteiger partial charge < -0.3 is 15.6 Å². The summed E-state index contributed by atoms with van der Waals surface area (Å²) in [5, 5.41) is 2.75. The van der Waals surface area contributed by atoms with E-state index in [1.165, 1.54) is 0 Å². The molecule has 1 aliphatic heterocycles. The number of rotatable bonds is 5. The van der Waals surface area contributed by atoms with Gasteiger partial charge in [0.25, 0.3) is 0 Å². The molecule has 1 aliphatic rings. The summed E-state index contributed by atoms with van der Waals surface area (Å²) in [7, 11) is 0. The number of aryl methyl sites for hydroxylation is 1. The maximum absolute atomic E-state index is 10.8. The molecule has 6 nitrogen and oxygen atoms in total. The van der Waals surface area contributed by atoms with E-state index in [1.807, 2.05) is 29.8 Å². The summed E-state index contributed by atoms with van der Waals surface area (Å²) >= 11 is 0. The van der Waals surface area contributed by atoms with Gasteiger partial charge in [-0.25, -0.2) is 4.98 Å². The number of nitrogens with one attached hydrogen (secondary N) is 1. The quantitative estimate of drug-likeness (QED) is 0.823.